The lowest BCUT2D eigenvalue weighted by molar-refractivity contribution is 0.316. The van der Waals surface area contributed by atoms with Gasteiger partial charge in [-0.1, -0.05) is 33.9 Å². The smallest absolute Gasteiger partial charge is 0.0193 e. The summed E-state index contributed by atoms with van der Waals surface area (Å²) in [6.45, 7) is 17.5. The van der Waals surface area contributed by atoms with Crippen molar-refractivity contribution in [1.82, 2.24) is 4.90 Å². The molecule has 0 aromatic carbocycles. The maximum absolute atomic E-state index is 4.09. The van der Waals surface area contributed by atoms with Gasteiger partial charge in [-0.15, -0.1) is 0 Å². The Balaban J connectivity index is 4.45. The summed E-state index contributed by atoms with van der Waals surface area (Å²) in [6.07, 6.45) is 2.95. The van der Waals surface area contributed by atoms with Crippen molar-refractivity contribution in [2.45, 2.75) is 34.1 Å². The molecule has 0 amide bonds. The van der Waals surface area contributed by atoms with Crippen LogP contribution in [0.3, 0.4) is 0 Å². The van der Waals surface area contributed by atoms with Gasteiger partial charge in [0.05, 0.1) is 0 Å². The molecule has 0 spiro atoms. The second kappa shape index (κ2) is 4.34. The van der Waals surface area contributed by atoms with Gasteiger partial charge in [0.15, 0.2) is 0 Å². The summed E-state index contributed by atoms with van der Waals surface area (Å²) < 4.78 is 0. The molecule has 0 atom stereocenters. The molecule has 12 heavy (non-hydrogen) atoms. The molecule has 0 fully saturated rings. The lowest BCUT2D eigenvalue weighted by Gasteiger charge is -2.33. The Morgan fingerprint density at radius 3 is 2.17 bits per heavy atom. The van der Waals surface area contributed by atoms with Crippen molar-refractivity contribution < 1.29 is 0 Å². The number of hydrogen-bond acceptors (Lipinski definition) is 1. The highest BCUT2D eigenvalue weighted by Gasteiger charge is 2.21. The summed E-state index contributed by atoms with van der Waals surface area (Å²) in [7, 11) is 0. The standard InChI is InChI=1S/C11H21N/c1-7-11(5,6)10(4)12(8-2)9-3/h8H,2,4,7,9H2,1,3,5-6H3. The van der Waals surface area contributed by atoms with Crippen LogP contribution in [-0.2, 0) is 0 Å². The Morgan fingerprint density at radius 1 is 1.42 bits per heavy atom. The van der Waals surface area contributed by atoms with Crippen LogP contribution < -0.4 is 0 Å². The quantitative estimate of drug-likeness (QED) is 0.606. The number of rotatable bonds is 5. The lowest BCUT2D eigenvalue weighted by Crippen LogP contribution is -2.26. The molecule has 0 aromatic heterocycles. The normalized spacial score (nSPS) is 11.0. The van der Waals surface area contributed by atoms with E-state index in [0.29, 0.717) is 0 Å². The average molecular weight is 167 g/mol. The van der Waals surface area contributed by atoms with E-state index in [1.54, 1.807) is 0 Å². The zero-order valence-electron chi connectivity index (χ0n) is 8.85. The molecule has 0 saturated heterocycles. The molecule has 70 valence electrons. The third-order valence-corrected chi connectivity index (χ3v) is 2.57. The first-order valence-corrected chi connectivity index (χ1v) is 4.58. The summed E-state index contributed by atoms with van der Waals surface area (Å²) in [5, 5.41) is 0. The summed E-state index contributed by atoms with van der Waals surface area (Å²) in [6, 6.07) is 0. The van der Waals surface area contributed by atoms with Gasteiger partial charge < -0.3 is 4.90 Å². The van der Waals surface area contributed by atoms with Crippen molar-refractivity contribution in [3.63, 3.8) is 0 Å². The third-order valence-electron chi connectivity index (χ3n) is 2.57. The van der Waals surface area contributed by atoms with Gasteiger partial charge in [-0.25, -0.2) is 0 Å². The number of hydrogen-bond donors (Lipinski definition) is 0. The molecular weight excluding hydrogens is 146 g/mol. The number of allylic oxidation sites excluding steroid dienone is 1. The monoisotopic (exact) mass is 167 g/mol. The molecule has 0 bridgehead atoms. The molecule has 1 heteroatoms. The summed E-state index contributed by atoms with van der Waals surface area (Å²) in [5.74, 6) is 0. The van der Waals surface area contributed by atoms with Gasteiger partial charge in [-0.3, -0.25) is 0 Å². The SMILES string of the molecule is C=CN(CC)C(=C)C(C)(C)CC. The van der Waals surface area contributed by atoms with Gasteiger partial charge in [-0.05, 0) is 19.5 Å². The Hall–Kier alpha value is -0.720. The van der Waals surface area contributed by atoms with E-state index in [1.165, 1.54) is 0 Å². The van der Waals surface area contributed by atoms with Crippen molar-refractivity contribution in [1.29, 1.82) is 0 Å². The Labute approximate surface area is 76.8 Å². The molecular formula is C11H21N. The van der Waals surface area contributed by atoms with Gasteiger partial charge in [0.1, 0.15) is 0 Å². The van der Waals surface area contributed by atoms with Gasteiger partial charge in [0.2, 0.25) is 0 Å². The largest absolute Gasteiger partial charge is 0.352 e. The topological polar surface area (TPSA) is 3.24 Å². The van der Waals surface area contributed by atoms with E-state index >= 15 is 0 Å². The van der Waals surface area contributed by atoms with E-state index in [9.17, 15) is 0 Å². The van der Waals surface area contributed by atoms with Gasteiger partial charge in [0, 0.05) is 17.7 Å². The molecule has 0 heterocycles. The fourth-order valence-corrected chi connectivity index (χ4v) is 1.02. The van der Waals surface area contributed by atoms with Gasteiger partial charge in [-0.2, -0.15) is 0 Å². The molecule has 0 unspecified atom stereocenters. The van der Waals surface area contributed by atoms with E-state index < -0.39 is 0 Å². The first kappa shape index (κ1) is 11.3. The van der Waals surface area contributed by atoms with Gasteiger partial charge >= 0.3 is 0 Å². The van der Waals surface area contributed by atoms with Crippen LogP contribution in [0.1, 0.15) is 34.1 Å². The highest BCUT2D eigenvalue weighted by Crippen LogP contribution is 2.30. The molecule has 0 N–H and O–H groups in total. The Kier molecular flexibility index (Phi) is 4.08. The summed E-state index contributed by atoms with van der Waals surface area (Å²) in [5.41, 5.74) is 1.34. The zero-order valence-corrected chi connectivity index (χ0v) is 8.85. The average Bonchev–Trinajstić information content (AvgIpc) is 2.06. The van der Waals surface area contributed by atoms with E-state index in [0.717, 1.165) is 18.7 Å². The predicted molar refractivity (Wildman–Crippen MR) is 55.8 cm³/mol. The fourth-order valence-electron chi connectivity index (χ4n) is 1.02. The zero-order chi connectivity index (χ0) is 9.78. The Bertz CT molecular complexity index is 168. The third kappa shape index (κ3) is 2.40. The van der Waals surface area contributed by atoms with E-state index in [2.05, 4.69) is 45.8 Å². The van der Waals surface area contributed by atoms with Crippen molar-refractivity contribution in [3.05, 3.63) is 25.1 Å². The van der Waals surface area contributed by atoms with Crippen molar-refractivity contribution >= 4 is 0 Å². The molecule has 0 aliphatic rings. The van der Waals surface area contributed by atoms with Crippen LogP contribution in [0.5, 0.6) is 0 Å². The minimum Gasteiger partial charge on any atom is -0.352 e. The van der Waals surface area contributed by atoms with Crippen LogP contribution in [0.25, 0.3) is 0 Å². The van der Waals surface area contributed by atoms with Crippen molar-refractivity contribution in [2.24, 2.45) is 5.41 Å². The van der Waals surface area contributed by atoms with Crippen molar-refractivity contribution in [2.75, 3.05) is 6.54 Å². The maximum Gasteiger partial charge on any atom is 0.0193 e. The van der Waals surface area contributed by atoms with E-state index in [4.69, 9.17) is 0 Å². The Morgan fingerprint density at radius 2 is 1.92 bits per heavy atom. The van der Waals surface area contributed by atoms with E-state index in [1.807, 2.05) is 6.20 Å². The molecule has 0 rings (SSSR count). The first-order valence-electron chi connectivity index (χ1n) is 4.58. The number of nitrogens with zero attached hydrogens (tertiary/aromatic N) is 1. The molecule has 0 radical (unpaired) electrons. The molecule has 0 aliphatic heterocycles. The minimum atomic E-state index is 0.185. The first-order chi connectivity index (χ1) is 5.49. The highest BCUT2D eigenvalue weighted by atomic mass is 15.1. The van der Waals surface area contributed by atoms with Crippen LogP contribution in [-0.4, -0.2) is 11.4 Å². The summed E-state index contributed by atoms with van der Waals surface area (Å²) in [4.78, 5) is 2.10. The van der Waals surface area contributed by atoms with Gasteiger partial charge in [0.25, 0.3) is 0 Å². The molecule has 0 aliphatic carbocycles. The predicted octanol–water partition coefficient (Wildman–Crippen LogP) is 3.40. The molecule has 1 nitrogen and oxygen atoms in total. The molecule has 0 aromatic rings. The maximum atomic E-state index is 4.09. The van der Waals surface area contributed by atoms with E-state index in [-0.39, 0.29) is 5.41 Å². The highest BCUT2D eigenvalue weighted by molar-refractivity contribution is 5.08. The van der Waals surface area contributed by atoms with Crippen LogP contribution in [0.2, 0.25) is 0 Å². The van der Waals surface area contributed by atoms with Crippen LogP contribution in [0.4, 0.5) is 0 Å². The van der Waals surface area contributed by atoms with Crippen LogP contribution in [0.15, 0.2) is 25.1 Å². The van der Waals surface area contributed by atoms with Crippen LogP contribution in [0, 0.1) is 5.41 Å². The molecule has 0 saturated carbocycles. The van der Waals surface area contributed by atoms with Crippen molar-refractivity contribution in [3.8, 4) is 0 Å². The lowest BCUT2D eigenvalue weighted by atomic mass is 9.86. The minimum absolute atomic E-state index is 0.185. The summed E-state index contributed by atoms with van der Waals surface area (Å²) >= 11 is 0. The second-order valence-corrected chi connectivity index (χ2v) is 3.65. The van der Waals surface area contributed by atoms with Crippen LogP contribution >= 0.6 is 0 Å². The second-order valence-electron chi connectivity index (χ2n) is 3.65. The fraction of sp³-hybridized carbons (Fsp3) is 0.636.